The molecule has 0 aliphatic carbocycles. The monoisotopic (exact) mass is 427 g/mol. The molecule has 3 aromatic carbocycles. The van der Waals surface area contributed by atoms with Crippen LogP contribution in [0.2, 0.25) is 0 Å². The summed E-state index contributed by atoms with van der Waals surface area (Å²) in [6, 6.07) is 25.7. The van der Waals surface area contributed by atoms with Crippen LogP contribution in [-0.4, -0.2) is 24.9 Å². The fourth-order valence-corrected chi connectivity index (χ4v) is 4.31. The summed E-state index contributed by atoms with van der Waals surface area (Å²) in [5.41, 5.74) is 1.93. The van der Waals surface area contributed by atoms with Gasteiger partial charge in [-0.05, 0) is 47.5 Å². The lowest BCUT2D eigenvalue weighted by molar-refractivity contribution is -0.0196. The lowest BCUT2D eigenvalue weighted by Crippen LogP contribution is -2.51. The Morgan fingerprint density at radius 3 is 1.97 bits per heavy atom. The Hall–Kier alpha value is -3.26. The molecule has 164 valence electrons. The fourth-order valence-electron chi connectivity index (χ4n) is 4.31. The van der Waals surface area contributed by atoms with Crippen molar-refractivity contribution in [2.75, 3.05) is 14.2 Å². The molecule has 0 bridgehead atoms. The van der Waals surface area contributed by atoms with Crippen molar-refractivity contribution in [3.05, 3.63) is 95.6 Å². The summed E-state index contributed by atoms with van der Waals surface area (Å²) in [5, 5.41) is 15.6. The second kappa shape index (κ2) is 9.48. The summed E-state index contributed by atoms with van der Waals surface area (Å²) in [5.74, 6) is 7.92. The maximum atomic E-state index is 11.8. The number of nitrogens with one attached hydrogen (secondary N) is 1. The molecule has 32 heavy (non-hydrogen) atoms. The number of aliphatic hydroxyl groups is 1. The molecule has 1 heterocycles. The Balaban J connectivity index is 1.71. The Labute approximate surface area is 190 Å². The Bertz CT molecular complexity index is 1080. The first-order valence-electron chi connectivity index (χ1n) is 10.9. The molecule has 4 atom stereocenters. The van der Waals surface area contributed by atoms with Gasteiger partial charge in [0, 0.05) is 30.0 Å². The molecule has 0 aromatic heterocycles. The summed E-state index contributed by atoms with van der Waals surface area (Å²) >= 11 is 0. The molecule has 0 radical (unpaired) electrons. The van der Waals surface area contributed by atoms with Crippen molar-refractivity contribution in [1.29, 1.82) is 0 Å². The zero-order valence-corrected chi connectivity index (χ0v) is 18.7. The highest BCUT2D eigenvalue weighted by Crippen LogP contribution is 2.43. The maximum Gasteiger partial charge on any atom is 0.132 e. The second-order valence-electron chi connectivity index (χ2n) is 8.28. The minimum absolute atomic E-state index is 0.0562. The average molecular weight is 428 g/mol. The van der Waals surface area contributed by atoms with Crippen LogP contribution in [0, 0.1) is 17.8 Å². The van der Waals surface area contributed by atoms with Gasteiger partial charge in [0.2, 0.25) is 0 Å². The molecular weight excluding hydrogens is 398 g/mol. The second-order valence-corrected chi connectivity index (χ2v) is 8.28. The smallest absolute Gasteiger partial charge is 0.132 e. The molecule has 3 aromatic rings. The largest absolute Gasteiger partial charge is 0.497 e. The van der Waals surface area contributed by atoms with Crippen molar-refractivity contribution >= 4 is 0 Å². The first kappa shape index (κ1) is 22.0. The standard InChI is InChI=1S/C28H29NO3/c1-20-27(23-11-15-25(32-3)16-12-23)29-26(22-9-13-24(31-2)14-10-22)19-28(20,30)18-17-21-7-5-4-6-8-21/h4-16,20,26-27,29-30H,19H2,1-3H3/t20-,26-,27+,28+/m0/s1. The predicted molar refractivity (Wildman–Crippen MR) is 127 cm³/mol. The lowest BCUT2D eigenvalue weighted by atomic mass is 9.72. The number of methoxy groups -OCH3 is 2. The minimum Gasteiger partial charge on any atom is -0.497 e. The van der Waals surface area contributed by atoms with E-state index in [0.717, 1.165) is 28.2 Å². The number of ether oxygens (including phenoxy) is 2. The maximum absolute atomic E-state index is 11.8. The summed E-state index contributed by atoms with van der Waals surface area (Å²) < 4.78 is 10.6. The third-order valence-electron chi connectivity index (χ3n) is 6.34. The van der Waals surface area contributed by atoms with E-state index in [1.807, 2.05) is 66.7 Å². The highest BCUT2D eigenvalue weighted by molar-refractivity contribution is 5.39. The molecule has 2 N–H and O–H groups in total. The molecule has 1 fully saturated rings. The van der Waals surface area contributed by atoms with Crippen LogP contribution >= 0.6 is 0 Å². The molecule has 4 nitrogen and oxygen atoms in total. The van der Waals surface area contributed by atoms with Crippen molar-refractivity contribution in [2.24, 2.45) is 5.92 Å². The van der Waals surface area contributed by atoms with Gasteiger partial charge in [-0.2, -0.15) is 0 Å². The van der Waals surface area contributed by atoms with Crippen molar-refractivity contribution in [3.8, 4) is 23.3 Å². The summed E-state index contributed by atoms with van der Waals surface area (Å²) in [6.07, 6.45) is 0.493. The van der Waals surface area contributed by atoms with Crippen LogP contribution < -0.4 is 14.8 Å². The molecule has 0 saturated carbocycles. The van der Waals surface area contributed by atoms with Gasteiger partial charge in [-0.1, -0.05) is 61.2 Å². The first-order valence-corrected chi connectivity index (χ1v) is 10.9. The number of hydrogen-bond donors (Lipinski definition) is 2. The third kappa shape index (κ3) is 4.65. The third-order valence-corrected chi connectivity index (χ3v) is 6.34. The normalized spacial score (nSPS) is 24.8. The van der Waals surface area contributed by atoms with Crippen LogP contribution in [0.15, 0.2) is 78.9 Å². The van der Waals surface area contributed by atoms with E-state index in [1.54, 1.807) is 14.2 Å². The molecule has 4 heteroatoms. The van der Waals surface area contributed by atoms with Crippen molar-refractivity contribution in [3.63, 3.8) is 0 Å². The van der Waals surface area contributed by atoms with E-state index in [0.29, 0.717) is 6.42 Å². The van der Waals surface area contributed by atoms with Gasteiger partial charge in [-0.25, -0.2) is 0 Å². The SMILES string of the molecule is COc1ccc([C@@H]2C[C@](O)(C#Cc3ccccc3)[C@@H](C)[C@H](c3ccc(OC)cc3)N2)cc1. The minimum atomic E-state index is -1.16. The van der Waals surface area contributed by atoms with E-state index in [9.17, 15) is 5.11 Å². The molecule has 4 rings (SSSR count). The molecule has 1 aliphatic rings. The van der Waals surface area contributed by atoms with Gasteiger partial charge < -0.3 is 19.9 Å². The van der Waals surface area contributed by atoms with Gasteiger partial charge in [-0.15, -0.1) is 0 Å². The van der Waals surface area contributed by atoms with Gasteiger partial charge in [0.05, 0.1) is 14.2 Å². The van der Waals surface area contributed by atoms with Crippen molar-refractivity contribution < 1.29 is 14.6 Å². The van der Waals surface area contributed by atoms with E-state index in [1.165, 1.54) is 0 Å². The zero-order valence-electron chi connectivity index (χ0n) is 18.7. The van der Waals surface area contributed by atoms with Crippen LogP contribution in [0.5, 0.6) is 11.5 Å². The van der Waals surface area contributed by atoms with Crippen LogP contribution in [0.4, 0.5) is 0 Å². The quantitative estimate of drug-likeness (QED) is 0.582. The van der Waals surface area contributed by atoms with Crippen LogP contribution in [0.25, 0.3) is 0 Å². The topological polar surface area (TPSA) is 50.7 Å². The van der Waals surface area contributed by atoms with Gasteiger partial charge in [0.1, 0.15) is 17.1 Å². The van der Waals surface area contributed by atoms with E-state index >= 15 is 0 Å². The molecule has 0 amide bonds. The van der Waals surface area contributed by atoms with Crippen molar-refractivity contribution in [1.82, 2.24) is 5.32 Å². The number of hydrogen-bond acceptors (Lipinski definition) is 4. The van der Waals surface area contributed by atoms with E-state index in [4.69, 9.17) is 9.47 Å². The zero-order chi connectivity index (χ0) is 22.6. The lowest BCUT2D eigenvalue weighted by Gasteiger charge is -2.45. The summed E-state index contributed by atoms with van der Waals surface area (Å²) in [4.78, 5) is 0. The van der Waals surface area contributed by atoms with E-state index < -0.39 is 5.60 Å². The average Bonchev–Trinajstić information content (AvgIpc) is 2.85. The van der Waals surface area contributed by atoms with Gasteiger partial charge in [0.15, 0.2) is 0 Å². The first-order chi connectivity index (χ1) is 15.5. The molecule has 1 saturated heterocycles. The van der Waals surface area contributed by atoms with Gasteiger partial charge in [-0.3, -0.25) is 0 Å². The highest BCUT2D eigenvalue weighted by atomic mass is 16.5. The molecule has 0 unspecified atom stereocenters. The molecular formula is C28H29NO3. The van der Waals surface area contributed by atoms with Crippen LogP contribution in [-0.2, 0) is 0 Å². The number of rotatable bonds is 4. The van der Waals surface area contributed by atoms with Gasteiger partial charge >= 0.3 is 0 Å². The van der Waals surface area contributed by atoms with E-state index in [-0.39, 0.29) is 18.0 Å². The Kier molecular flexibility index (Phi) is 6.50. The molecule has 1 aliphatic heterocycles. The van der Waals surface area contributed by atoms with Crippen molar-refractivity contribution in [2.45, 2.75) is 31.0 Å². The number of piperidine rings is 1. The fraction of sp³-hybridized carbons (Fsp3) is 0.286. The van der Waals surface area contributed by atoms with Crippen LogP contribution in [0.3, 0.4) is 0 Å². The summed E-state index contributed by atoms with van der Waals surface area (Å²) in [6.45, 7) is 2.06. The van der Waals surface area contributed by atoms with E-state index in [2.05, 4.69) is 36.2 Å². The Morgan fingerprint density at radius 1 is 0.844 bits per heavy atom. The molecule has 0 spiro atoms. The predicted octanol–water partition coefficient (Wildman–Crippen LogP) is 4.90. The summed E-state index contributed by atoms with van der Waals surface area (Å²) in [7, 11) is 3.32. The highest BCUT2D eigenvalue weighted by Gasteiger charge is 2.45. The number of benzene rings is 3. The van der Waals surface area contributed by atoms with Crippen LogP contribution in [0.1, 0.15) is 42.1 Å². The van der Waals surface area contributed by atoms with Gasteiger partial charge in [0.25, 0.3) is 0 Å². The Morgan fingerprint density at radius 2 is 1.41 bits per heavy atom.